The van der Waals surface area contributed by atoms with E-state index < -0.39 is 5.97 Å². The normalized spacial score (nSPS) is 6.42. The molecule has 6 nitrogen and oxygen atoms in total. The summed E-state index contributed by atoms with van der Waals surface area (Å²) in [6.07, 6.45) is 1.49. The number of nitrogens with zero attached hydrogens (tertiary/aromatic N) is 2. The van der Waals surface area contributed by atoms with Crippen LogP contribution in [0.2, 0.25) is 0 Å². The minimum Gasteiger partial charge on any atom is -0.473 e. The summed E-state index contributed by atoms with van der Waals surface area (Å²) in [5.41, 5.74) is 7.43. The van der Waals surface area contributed by atoms with Crippen molar-refractivity contribution in [2.75, 3.05) is 0 Å². The van der Waals surface area contributed by atoms with Crippen molar-refractivity contribution in [1.29, 1.82) is 0 Å². The van der Waals surface area contributed by atoms with Gasteiger partial charge in [0.1, 0.15) is 0 Å². The monoisotopic (exact) mass is 172 g/mol. The molecule has 0 amide bonds. The van der Waals surface area contributed by atoms with E-state index in [0.717, 1.165) is 6.26 Å². The van der Waals surface area contributed by atoms with Gasteiger partial charge in [0.2, 0.25) is 0 Å². The molecule has 0 rings (SSSR count). The zero-order valence-electron chi connectivity index (χ0n) is 6.43. The van der Waals surface area contributed by atoms with Gasteiger partial charge in [-0.1, -0.05) is 6.58 Å². The fraction of sp³-hybridized carbons (Fsp3) is 0.167. The van der Waals surface area contributed by atoms with Crippen LogP contribution >= 0.6 is 0 Å². The summed E-state index contributed by atoms with van der Waals surface area (Å²) in [5, 5.41) is 7.60. The Morgan fingerprint density at radius 3 is 2.17 bits per heavy atom. The molecular weight excluding hydrogens is 164 g/mol. The molecule has 0 aliphatic rings. The lowest BCUT2D eigenvalue weighted by Crippen LogP contribution is -1.94. The van der Waals surface area contributed by atoms with Crippen molar-refractivity contribution in [2.45, 2.75) is 6.92 Å². The molecule has 0 aliphatic carbocycles. The Morgan fingerprint density at radius 1 is 1.67 bits per heavy atom. The second-order valence-electron chi connectivity index (χ2n) is 1.36. The first-order chi connectivity index (χ1) is 5.54. The van der Waals surface area contributed by atoms with Crippen LogP contribution in [-0.2, 0) is 14.3 Å². The van der Waals surface area contributed by atoms with Crippen LogP contribution in [0.15, 0.2) is 12.8 Å². The quantitative estimate of drug-likeness (QED) is 0.209. The molecular formula is C6H8N2O4. The number of carbonyl (C=O) groups excluding carboxylic acids is 1. The van der Waals surface area contributed by atoms with E-state index in [1.807, 2.05) is 0 Å². The highest BCUT2D eigenvalue weighted by Gasteiger charge is 1.88. The third-order valence-electron chi connectivity index (χ3n) is 0.417. The number of carbonyl (C=O) groups is 2. The molecule has 0 fully saturated rings. The number of hydrogen-bond acceptors (Lipinski definition) is 3. The van der Waals surface area contributed by atoms with Gasteiger partial charge >= 0.3 is 18.2 Å². The van der Waals surface area contributed by atoms with Crippen LogP contribution in [0.1, 0.15) is 6.92 Å². The van der Waals surface area contributed by atoms with Gasteiger partial charge in [-0.05, 0) is 0 Å². The van der Waals surface area contributed by atoms with Crippen molar-refractivity contribution in [2.24, 2.45) is 0 Å². The van der Waals surface area contributed by atoms with Crippen molar-refractivity contribution >= 4 is 18.2 Å². The number of ether oxygens (including phenoxy) is 1. The van der Waals surface area contributed by atoms with E-state index in [1.54, 1.807) is 0 Å². The largest absolute Gasteiger partial charge is 0.473 e. The Bertz CT molecular complexity index is 218. The van der Waals surface area contributed by atoms with Crippen LogP contribution in [0, 0.1) is 0 Å². The highest BCUT2D eigenvalue weighted by atomic mass is 16.5. The Morgan fingerprint density at radius 2 is 2.17 bits per heavy atom. The SMILES string of the molecule is C=COC(C)=O.[N-]=[N+]=CC(=O)O. The molecule has 0 radical (unpaired) electrons. The third-order valence-corrected chi connectivity index (χ3v) is 0.417. The molecule has 0 bridgehead atoms. The lowest BCUT2D eigenvalue weighted by atomic mass is 10.8. The van der Waals surface area contributed by atoms with Gasteiger partial charge < -0.3 is 15.4 Å². The molecule has 0 aromatic rings. The van der Waals surface area contributed by atoms with Gasteiger partial charge in [-0.2, -0.15) is 4.79 Å². The zero-order valence-corrected chi connectivity index (χ0v) is 6.43. The van der Waals surface area contributed by atoms with E-state index in [0.29, 0.717) is 6.21 Å². The molecule has 66 valence electrons. The number of hydrogen-bond donors (Lipinski definition) is 1. The molecule has 0 unspecified atom stereocenters. The Kier molecular flexibility index (Phi) is 9.60. The highest BCUT2D eigenvalue weighted by Crippen LogP contribution is 1.70. The summed E-state index contributed by atoms with van der Waals surface area (Å²) in [7, 11) is 0. The van der Waals surface area contributed by atoms with Crippen molar-refractivity contribution in [3.8, 4) is 0 Å². The fourth-order valence-electron chi connectivity index (χ4n) is 0.167. The molecule has 6 heteroatoms. The first kappa shape index (κ1) is 12.7. The zero-order chi connectivity index (χ0) is 9.98. The number of esters is 1. The molecule has 0 heterocycles. The molecule has 0 aromatic carbocycles. The van der Waals surface area contributed by atoms with Gasteiger partial charge in [0.25, 0.3) is 0 Å². The maximum Gasteiger partial charge on any atom is 0.411 e. The summed E-state index contributed by atoms with van der Waals surface area (Å²) < 4.78 is 4.17. The molecule has 12 heavy (non-hydrogen) atoms. The summed E-state index contributed by atoms with van der Waals surface area (Å²) >= 11 is 0. The second kappa shape index (κ2) is 9.06. The van der Waals surface area contributed by atoms with Crippen molar-refractivity contribution in [3.63, 3.8) is 0 Å². The highest BCUT2D eigenvalue weighted by molar-refractivity contribution is 6.19. The first-order valence-corrected chi connectivity index (χ1v) is 2.73. The van der Waals surface area contributed by atoms with Gasteiger partial charge in [-0.3, -0.25) is 4.79 Å². The van der Waals surface area contributed by atoms with E-state index in [-0.39, 0.29) is 5.97 Å². The molecule has 0 atom stereocenters. The topological polar surface area (TPSA) is 100 Å². The van der Waals surface area contributed by atoms with E-state index in [9.17, 15) is 9.59 Å². The summed E-state index contributed by atoms with van der Waals surface area (Å²) in [6, 6.07) is 0. The summed E-state index contributed by atoms with van der Waals surface area (Å²) in [6.45, 7) is 4.48. The lowest BCUT2D eigenvalue weighted by molar-refractivity contribution is -0.135. The van der Waals surface area contributed by atoms with Gasteiger partial charge in [0.05, 0.1) is 6.26 Å². The van der Waals surface area contributed by atoms with Crippen molar-refractivity contribution in [3.05, 3.63) is 18.4 Å². The van der Waals surface area contributed by atoms with Crippen molar-refractivity contribution in [1.82, 2.24) is 0 Å². The number of aliphatic carboxylic acids is 1. The average molecular weight is 172 g/mol. The van der Waals surface area contributed by atoms with Crippen molar-refractivity contribution < 1.29 is 24.2 Å². The minimum absolute atomic E-state index is 0.329. The molecule has 0 saturated carbocycles. The van der Waals surface area contributed by atoms with Gasteiger partial charge in [0.15, 0.2) is 0 Å². The maximum absolute atomic E-state index is 9.75. The molecule has 0 aliphatic heterocycles. The van der Waals surface area contributed by atoms with Crippen LogP contribution in [0.3, 0.4) is 0 Å². The Hall–Kier alpha value is -1.94. The van der Waals surface area contributed by atoms with Crippen LogP contribution in [-0.4, -0.2) is 28.0 Å². The second-order valence-corrected chi connectivity index (χ2v) is 1.36. The Labute approximate surface area is 68.7 Å². The van der Waals surface area contributed by atoms with E-state index in [1.165, 1.54) is 6.92 Å². The molecule has 0 aromatic heterocycles. The molecule has 0 saturated heterocycles. The lowest BCUT2D eigenvalue weighted by Gasteiger charge is -1.83. The van der Waals surface area contributed by atoms with E-state index >= 15 is 0 Å². The van der Waals surface area contributed by atoms with Crippen LogP contribution in [0.4, 0.5) is 0 Å². The van der Waals surface area contributed by atoms with Gasteiger partial charge in [0, 0.05) is 6.92 Å². The standard InChI is InChI=1S/C4H6O2.C2H2N2O2/c1-3-6-4(2)5;3-4-1-2(5)6/h3H,1H2,2H3;1H,(H,5,6). The van der Waals surface area contributed by atoms with Crippen LogP contribution in [0.25, 0.3) is 5.53 Å². The van der Waals surface area contributed by atoms with E-state index in [4.69, 9.17) is 10.6 Å². The molecule has 1 N–H and O–H groups in total. The predicted octanol–water partition coefficient (Wildman–Crippen LogP) is 0.0646. The average Bonchev–Trinajstić information content (AvgIpc) is 1.87. The summed E-state index contributed by atoms with van der Waals surface area (Å²) in [5.74, 6) is -1.58. The minimum atomic E-state index is -1.25. The van der Waals surface area contributed by atoms with Crippen LogP contribution < -0.4 is 0 Å². The maximum atomic E-state index is 9.75. The number of carboxylic acids is 1. The number of rotatable bonds is 2. The smallest absolute Gasteiger partial charge is 0.411 e. The first-order valence-electron chi connectivity index (χ1n) is 2.73. The summed E-state index contributed by atoms with van der Waals surface area (Å²) in [4.78, 5) is 21.3. The third kappa shape index (κ3) is 24.4. The number of carboxylic acid groups (broad SMARTS) is 1. The van der Waals surface area contributed by atoms with Gasteiger partial charge in [-0.25, -0.2) is 4.79 Å². The van der Waals surface area contributed by atoms with Gasteiger partial charge in [-0.15, -0.1) is 0 Å². The van der Waals surface area contributed by atoms with Crippen LogP contribution in [0.5, 0.6) is 0 Å². The van der Waals surface area contributed by atoms with E-state index in [2.05, 4.69) is 16.1 Å². The fourth-order valence-corrected chi connectivity index (χ4v) is 0.167. The Balaban J connectivity index is 0. The molecule has 0 spiro atoms. The predicted molar refractivity (Wildman–Crippen MR) is 39.3 cm³/mol.